The van der Waals surface area contributed by atoms with E-state index in [0.29, 0.717) is 0 Å². The molecule has 0 atom stereocenters. The van der Waals surface area contributed by atoms with E-state index < -0.39 is 0 Å². The Hall–Kier alpha value is 0.517. The van der Waals surface area contributed by atoms with E-state index >= 15 is 0 Å². The van der Waals surface area contributed by atoms with Crippen LogP contribution < -0.4 is 0 Å². The van der Waals surface area contributed by atoms with Crippen LogP contribution in [0.4, 0.5) is 0 Å². The van der Waals surface area contributed by atoms with Crippen LogP contribution in [0.25, 0.3) is 0 Å². The van der Waals surface area contributed by atoms with Gasteiger partial charge in [0.2, 0.25) is 0 Å². The number of hydrogen-bond donors (Lipinski definition) is 0. The molecule has 0 bridgehead atoms. The zero-order valence-electron chi connectivity index (χ0n) is 7.34. The standard InChI is InChI=1S/C8H15O2.Li/c1-2-3-4-5-8-9-6-7-10-8;/h8H,1-7H2;. The van der Waals surface area contributed by atoms with Gasteiger partial charge in [-0.3, -0.25) is 0 Å². The van der Waals surface area contributed by atoms with E-state index in [1.165, 1.54) is 24.4 Å². The molecule has 1 aliphatic rings. The molecule has 0 aromatic heterocycles. The molecule has 0 aromatic carbocycles. The molecule has 11 heavy (non-hydrogen) atoms. The van der Waals surface area contributed by atoms with E-state index in [1.54, 1.807) is 0 Å². The molecule has 0 radical (unpaired) electrons. The Kier molecular flexibility index (Phi) is 5.31. The summed E-state index contributed by atoms with van der Waals surface area (Å²) in [6, 6.07) is 0. The Morgan fingerprint density at radius 2 is 1.82 bits per heavy atom. The molecule has 1 rings (SSSR count). The van der Waals surface area contributed by atoms with E-state index in [2.05, 4.69) is 17.7 Å². The summed E-state index contributed by atoms with van der Waals surface area (Å²) in [6.45, 7) is 1.58. The summed E-state index contributed by atoms with van der Waals surface area (Å²) in [5, 5.41) is 1.30. The van der Waals surface area contributed by atoms with Crippen LogP contribution in [0, 0.1) is 0 Å². The molecule has 60 valence electrons. The maximum atomic E-state index is 5.31. The monoisotopic (exact) mass is 150 g/mol. The maximum absolute atomic E-state index is 5.31. The first kappa shape index (κ1) is 9.60. The summed E-state index contributed by atoms with van der Waals surface area (Å²) in [7, 11) is 0. The fourth-order valence-corrected chi connectivity index (χ4v) is 1.31. The van der Waals surface area contributed by atoms with E-state index in [9.17, 15) is 0 Å². The predicted molar refractivity (Wildman–Crippen MR) is 44.7 cm³/mol. The predicted octanol–water partition coefficient (Wildman–Crippen LogP) is 1.51. The van der Waals surface area contributed by atoms with Gasteiger partial charge < -0.3 is 0 Å². The van der Waals surface area contributed by atoms with E-state index in [-0.39, 0.29) is 6.29 Å². The molecule has 1 saturated heterocycles. The van der Waals surface area contributed by atoms with E-state index in [1.807, 2.05) is 0 Å². The SMILES string of the molecule is [Li][CH2]CCCCC1OCCO1. The molecule has 0 spiro atoms. The van der Waals surface area contributed by atoms with Crippen LogP contribution in [0.15, 0.2) is 0 Å². The van der Waals surface area contributed by atoms with Gasteiger partial charge in [-0.1, -0.05) is 0 Å². The fourth-order valence-electron chi connectivity index (χ4n) is 1.31. The van der Waals surface area contributed by atoms with Gasteiger partial charge in [0.25, 0.3) is 0 Å². The van der Waals surface area contributed by atoms with Crippen LogP contribution in [-0.2, 0) is 9.47 Å². The zero-order chi connectivity index (χ0) is 7.94. The van der Waals surface area contributed by atoms with E-state index in [0.717, 1.165) is 19.6 Å². The minimum absolute atomic E-state index is 0.117. The van der Waals surface area contributed by atoms with Gasteiger partial charge in [0, 0.05) is 0 Å². The number of ether oxygens (including phenoxy) is 2. The van der Waals surface area contributed by atoms with Crippen LogP contribution in [0.2, 0.25) is 5.09 Å². The molecule has 0 saturated carbocycles. The molecule has 0 aliphatic carbocycles. The summed E-state index contributed by atoms with van der Waals surface area (Å²) in [4.78, 5) is 0. The third-order valence-corrected chi connectivity index (χ3v) is 1.98. The fraction of sp³-hybridized carbons (Fsp3) is 1.00. The first-order valence-electron chi connectivity index (χ1n) is 4.66. The summed E-state index contributed by atoms with van der Waals surface area (Å²) in [5.74, 6) is 0. The molecule has 0 aromatic rings. The van der Waals surface area contributed by atoms with Gasteiger partial charge in [-0.05, 0) is 0 Å². The van der Waals surface area contributed by atoms with Crippen molar-refractivity contribution in [1.29, 1.82) is 0 Å². The molecule has 3 heteroatoms. The first-order valence-corrected chi connectivity index (χ1v) is 4.66. The average Bonchev–Trinajstić information content (AvgIpc) is 2.50. The second-order valence-electron chi connectivity index (χ2n) is 3.02. The molecule has 2 nitrogen and oxygen atoms in total. The Morgan fingerprint density at radius 3 is 2.45 bits per heavy atom. The number of rotatable bonds is 5. The van der Waals surface area contributed by atoms with Gasteiger partial charge in [-0.15, -0.1) is 0 Å². The topological polar surface area (TPSA) is 18.5 Å². The second kappa shape index (κ2) is 6.08. The van der Waals surface area contributed by atoms with Crippen molar-refractivity contribution in [1.82, 2.24) is 0 Å². The zero-order valence-corrected chi connectivity index (χ0v) is 7.34. The number of hydrogen-bond acceptors (Lipinski definition) is 2. The van der Waals surface area contributed by atoms with Gasteiger partial charge in [0.05, 0.1) is 0 Å². The van der Waals surface area contributed by atoms with Gasteiger partial charge in [0.1, 0.15) is 0 Å². The van der Waals surface area contributed by atoms with Crippen LogP contribution >= 0.6 is 0 Å². The van der Waals surface area contributed by atoms with Crippen LogP contribution in [0.5, 0.6) is 0 Å². The molecule has 0 amide bonds. The van der Waals surface area contributed by atoms with Crippen molar-refractivity contribution in [3.63, 3.8) is 0 Å². The third kappa shape index (κ3) is 4.18. The van der Waals surface area contributed by atoms with Gasteiger partial charge >= 0.3 is 77.5 Å². The van der Waals surface area contributed by atoms with Crippen molar-refractivity contribution >= 4 is 17.7 Å². The number of unbranched alkanes of at least 4 members (excludes halogenated alkanes) is 2. The Labute approximate surface area is 77.8 Å². The Bertz CT molecular complexity index is 92.1. The molecule has 1 fully saturated rings. The molecule has 0 N–H and O–H groups in total. The van der Waals surface area contributed by atoms with Crippen LogP contribution in [-0.4, -0.2) is 37.2 Å². The van der Waals surface area contributed by atoms with Crippen molar-refractivity contribution in [3.8, 4) is 0 Å². The minimum atomic E-state index is 0.117. The summed E-state index contributed by atoms with van der Waals surface area (Å²) < 4.78 is 10.6. The van der Waals surface area contributed by atoms with Crippen molar-refractivity contribution in [2.45, 2.75) is 37.1 Å². The molecule has 1 heterocycles. The second-order valence-corrected chi connectivity index (χ2v) is 3.02. The Morgan fingerprint density at radius 1 is 1.09 bits per heavy atom. The third-order valence-electron chi connectivity index (χ3n) is 1.98. The van der Waals surface area contributed by atoms with Gasteiger partial charge in [-0.2, -0.15) is 0 Å². The molecular weight excluding hydrogens is 135 g/mol. The summed E-state index contributed by atoms with van der Waals surface area (Å²) in [6.07, 6.45) is 5.11. The summed E-state index contributed by atoms with van der Waals surface area (Å²) >= 11 is 2.22. The quantitative estimate of drug-likeness (QED) is 0.437. The molecule has 1 aliphatic heterocycles. The summed E-state index contributed by atoms with van der Waals surface area (Å²) in [5.41, 5.74) is 0. The van der Waals surface area contributed by atoms with Crippen molar-refractivity contribution < 1.29 is 9.47 Å². The average molecular weight is 150 g/mol. The normalized spacial score (nSPS) is 19.5. The Balaban J connectivity index is 1.86. The molecular formula is C8H15LiO2. The van der Waals surface area contributed by atoms with Crippen molar-refractivity contribution in [2.24, 2.45) is 0 Å². The van der Waals surface area contributed by atoms with Crippen molar-refractivity contribution in [2.75, 3.05) is 13.2 Å². The van der Waals surface area contributed by atoms with Crippen molar-refractivity contribution in [3.05, 3.63) is 0 Å². The molecule has 0 unspecified atom stereocenters. The van der Waals surface area contributed by atoms with Gasteiger partial charge in [0.15, 0.2) is 0 Å². The first-order chi connectivity index (χ1) is 5.43. The van der Waals surface area contributed by atoms with Crippen LogP contribution in [0.1, 0.15) is 25.7 Å². The van der Waals surface area contributed by atoms with E-state index in [4.69, 9.17) is 9.47 Å². The van der Waals surface area contributed by atoms with Crippen LogP contribution in [0.3, 0.4) is 0 Å². The van der Waals surface area contributed by atoms with Gasteiger partial charge in [-0.25, -0.2) is 0 Å².